The Hall–Kier alpha value is -2.28. The highest BCUT2D eigenvalue weighted by atomic mass is 35.5. The van der Waals surface area contributed by atoms with Gasteiger partial charge in [-0.3, -0.25) is 4.79 Å². The molecule has 1 aromatic carbocycles. The number of para-hydroxylation sites is 1. The van der Waals surface area contributed by atoms with E-state index >= 15 is 0 Å². The SMILES string of the molecule is Cc1cccc(C)c1NC(=O)c1cnc(Cl)nc1NCCC(C)(F)F. The van der Waals surface area contributed by atoms with Gasteiger partial charge in [-0.2, -0.15) is 4.98 Å². The van der Waals surface area contributed by atoms with Crippen LogP contribution in [-0.4, -0.2) is 28.3 Å². The van der Waals surface area contributed by atoms with Crippen molar-refractivity contribution >= 4 is 29.0 Å². The molecule has 0 atom stereocenters. The fourth-order valence-electron chi connectivity index (χ4n) is 2.25. The van der Waals surface area contributed by atoms with Gasteiger partial charge in [-0.05, 0) is 43.5 Å². The van der Waals surface area contributed by atoms with E-state index < -0.39 is 18.3 Å². The standard InChI is InChI=1S/C17H19ClF2N4O/c1-10-5-4-6-11(2)13(10)23-15(25)12-9-22-16(18)24-14(12)21-8-7-17(3,19)20/h4-6,9H,7-8H2,1-3H3,(H,23,25)(H,21,22,24). The van der Waals surface area contributed by atoms with Crippen LogP contribution in [0.2, 0.25) is 5.28 Å². The second kappa shape index (κ2) is 7.74. The third-order valence-corrected chi connectivity index (χ3v) is 3.76. The number of nitrogens with one attached hydrogen (secondary N) is 2. The minimum atomic E-state index is -2.81. The molecule has 2 aromatic rings. The quantitative estimate of drug-likeness (QED) is 0.739. The molecule has 2 rings (SSSR count). The lowest BCUT2D eigenvalue weighted by atomic mass is 10.1. The number of aromatic nitrogens is 2. The van der Waals surface area contributed by atoms with Crippen molar-refractivity contribution < 1.29 is 13.6 Å². The molecule has 0 aliphatic heterocycles. The molecule has 0 bridgehead atoms. The van der Waals surface area contributed by atoms with Gasteiger partial charge in [0.2, 0.25) is 11.2 Å². The molecule has 134 valence electrons. The van der Waals surface area contributed by atoms with Crippen molar-refractivity contribution in [3.05, 3.63) is 46.4 Å². The fourth-order valence-corrected chi connectivity index (χ4v) is 2.39. The van der Waals surface area contributed by atoms with E-state index in [-0.39, 0.29) is 23.2 Å². The molecule has 0 unspecified atom stereocenters. The number of rotatable bonds is 6. The summed E-state index contributed by atoms with van der Waals surface area (Å²) in [6, 6.07) is 5.65. The normalized spacial score (nSPS) is 11.3. The molecule has 0 saturated carbocycles. The van der Waals surface area contributed by atoms with Gasteiger partial charge in [0.05, 0.1) is 0 Å². The summed E-state index contributed by atoms with van der Waals surface area (Å²) in [6.45, 7) is 4.53. The first-order chi connectivity index (χ1) is 11.7. The summed E-state index contributed by atoms with van der Waals surface area (Å²) in [5, 5.41) is 5.47. The number of benzene rings is 1. The maximum absolute atomic E-state index is 13.0. The Kier molecular flexibility index (Phi) is 5.89. The van der Waals surface area contributed by atoms with Crippen LogP contribution in [0.4, 0.5) is 20.3 Å². The lowest BCUT2D eigenvalue weighted by Crippen LogP contribution is -2.20. The average Bonchev–Trinajstić information content (AvgIpc) is 2.50. The molecule has 1 aromatic heterocycles. The molecule has 0 saturated heterocycles. The monoisotopic (exact) mass is 368 g/mol. The summed E-state index contributed by atoms with van der Waals surface area (Å²) in [5.74, 6) is -3.14. The number of carbonyl (C=O) groups excluding carboxylic acids is 1. The number of hydrogen-bond donors (Lipinski definition) is 2. The highest BCUT2D eigenvalue weighted by molar-refractivity contribution is 6.28. The molecule has 1 amide bonds. The van der Waals surface area contributed by atoms with Crippen molar-refractivity contribution in [2.75, 3.05) is 17.2 Å². The van der Waals surface area contributed by atoms with Crippen molar-refractivity contribution in [1.82, 2.24) is 9.97 Å². The van der Waals surface area contributed by atoms with Gasteiger partial charge in [-0.25, -0.2) is 13.8 Å². The van der Waals surface area contributed by atoms with Crippen LogP contribution < -0.4 is 10.6 Å². The lowest BCUT2D eigenvalue weighted by Gasteiger charge is -2.15. The Bertz CT molecular complexity index is 757. The van der Waals surface area contributed by atoms with E-state index in [2.05, 4.69) is 20.6 Å². The predicted octanol–water partition coefficient (Wildman–Crippen LogP) is 4.46. The van der Waals surface area contributed by atoms with Crippen LogP contribution in [0, 0.1) is 13.8 Å². The Morgan fingerprint density at radius 2 is 1.92 bits per heavy atom. The first kappa shape index (κ1) is 19.1. The molecule has 0 aliphatic carbocycles. The second-order valence-electron chi connectivity index (χ2n) is 5.87. The van der Waals surface area contributed by atoms with Crippen molar-refractivity contribution in [3.8, 4) is 0 Å². The van der Waals surface area contributed by atoms with E-state index in [9.17, 15) is 13.6 Å². The van der Waals surface area contributed by atoms with Gasteiger partial charge < -0.3 is 10.6 Å². The van der Waals surface area contributed by atoms with Gasteiger partial charge in [0, 0.05) is 24.8 Å². The molecule has 5 nitrogen and oxygen atoms in total. The summed E-state index contributed by atoms with van der Waals surface area (Å²) in [4.78, 5) is 20.3. The van der Waals surface area contributed by atoms with Gasteiger partial charge in [0.15, 0.2) is 0 Å². The van der Waals surface area contributed by atoms with Gasteiger partial charge >= 0.3 is 0 Å². The van der Waals surface area contributed by atoms with Crippen LogP contribution in [0.15, 0.2) is 24.4 Å². The first-order valence-electron chi connectivity index (χ1n) is 7.69. The Balaban J connectivity index is 2.21. The van der Waals surface area contributed by atoms with Crippen LogP contribution in [0.3, 0.4) is 0 Å². The van der Waals surface area contributed by atoms with Gasteiger partial charge in [0.1, 0.15) is 11.4 Å². The number of halogens is 3. The molecular formula is C17H19ClF2N4O. The van der Waals surface area contributed by atoms with E-state index in [1.54, 1.807) is 0 Å². The number of hydrogen-bond acceptors (Lipinski definition) is 4. The largest absolute Gasteiger partial charge is 0.369 e. The van der Waals surface area contributed by atoms with E-state index in [0.717, 1.165) is 18.1 Å². The number of amides is 1. The smallest absolute Gasteiger partial charge is 0.261 e. The molecule has 1 heterocycles. The highest BCUT2D eigenvalue weighted by Crippen LogP contribution is 2.23. The van der Waals surface area contributed by atoms with E-state index in [0.29, 0.717) is 5.69 Å². The predicted molar refractivity (Wildman–Crippen MR) is 94.6 cm³/mol. The van der Waals surface area contributed by atoms with Crippen LogP contribution in [0.5, 0.6) is 0 Å². The molecule has 0 radical (unpaired) electrons. The zero-order chi connectivity index (χ0) is 18.6. The fraction of sp³-hybridized carbons (Fsp3) is 0.353. The Labute approximate surface area is 149 Å². The maximum atomic E-state index is 13.0. The van der Waals surface area contributed by atoms with Crippen molar-refractivity contribution in [2.24, 2.45) is 0 Å². The molecule has 2 N–H and O–H groups in total. The zero-order valence-corrected chi connectivity index (χ0v) is 14.9. The molecule has 0 fully saturated rings. The van der Waals surface area contributed by atoms with E-state index in [1.807, 2.05) is 32.0 Å². The van der Waals surface area contributed by atoms with Crippen LogP contribution in [0.25, 0.3) is 0 Å². The van der Waals surface area contributed by atoms with Crippen molar-refractivity contribution in [2.45, 2.75) is 33.1 Å². The van der Waals surface area contributed by atoms with E-state index in [1.165, 1.54) is 6.20 Å². The number of nitrogens with zero attached hydrogens (tertiary/aromatic N) is 2. The third-order valence-electron chi connectivity index (χ3n) is 3.58. The van der Waals surface area contributed by atoms with Crippen LogP contribution in [-0.2, 0) is 0 Å². The summed E-state index contributed by atoms with van der Waals surface area (Å²) in [7, 11) is 0. The molecule has 0 spiro atoms. The molecule has 25 heavy (non-hydrogen) atoms. The van der Waals surface area contributed by atoms with Gasteiger partial charge in [-0.1, -0.05) is 18.2 Å². The Morgan fingerprint density at radius 3 is 2.52 bits per heavy atom. The lowest BCUT2D eigenvalue weighted by molar-refractivity contribution is 0.0166. The van der Waals surface area contributed by atoms with Crippen LogP contribution >= 0.6 is 11.6 Å². The van der Waals surface area contributed by atoms with Crippen molar-refractivity contribution in [1.29, 1.82) is 0 Å². The average molecular weight is 369 g/mol. The second-order valence-corrected chi connectivity index (χ2v) is 6.21. The first-order valence-corrected chi connectivity index (χ1v) is 8.07. The zero-order valence-electron chi connectivity index (χ0n) is 14.2. The summed E-state index contributed by atoms with van der Waals surface area (Å²) in [6.07, 6.45) is 0.872. The summed E-state index contributed by atoms with van der Waals surface area (Å²) in [5.41, 5.74) is 2.63. The van der Waals surface area contributed by atoms with Crippen molar-refractivity contribution in [3.63, 3.8) is 0 Å². The topological polar surface area (TPSA) is 66.9 Å². The Morgan fingerprint density at radius 1 is 1.28 bits per heavy atom. The number of carbonyl (C=O) groups is 1. The molecule has 0 aliphatic rings. The van der Waals surface area contributed by atoms with Crippen LogP contribution in [0.1, 0.15) is 34.8 Å². The summed E-state index contributed by atoms with van der Waals surface area (Å²) >= 11 is 5.76. The number of aryl methyl sites for hydroxylation is 2. The molecule has 8 heteroatoms. The maximum Gasteiger partial charge on any atom is 0.261 e. The molecular weight excluding hydrogens is 350 g/mol. The summed E-state index contributed by atoms with van der Waals surface area (Å²) < 4.78 is 25.9. The third kappa shape index (κ3) is 5.35. The van der Waals surface area contributed by atoms with Gasteiger partial charge in [-0.15, -0.1) is 0 Å². The highest BCUT2D eigenvalue weighted by Gasteiger charge is 2.21. The van der Waals surface area contributed by atoms with E-state index in [4.69, 9.17) is 11.6 Å². The number of anilines is 2. The minimum Gasteiger partial charge on any atom is -0.369 e. The number of alkyl halides is 2. The minimum absolute atomic E-state index is 0.0550. The van der Waals surface area contributed by atoms with Gasteiger partial charge in [0.25, 0.3) is 5.91 Å².